The zero-order valence-corrected chi connectivity index (χ0v) is 12.9. The first kappa shape index (κ1) is 17.8. The topological polar surface area (TPSA) is 175 Å². The molecule has 1 heterocycles. The number of aromatic carboxylic acids is 1. The third-order valence-electron chi connectivity index (χ3n) is 3.74. The summed E-state index contributed by atoms with van der Waals surface area (Å²) in [7, 11) is -4.45. The Labute approximate surface area is 136 Å². The van der Waals surface area contributed by atoms with Crippen LogP contribution in [0.5, 0.6) is 0 Å². The number of carboxylic acids is 3. The molecule has 130 valence electrons. The summed E-state index contributed by atoms with van der Waals surface area (Å²) in [5.74, 6) is -4.42. The van der Waals surface area contributed by atoms with E-state index in [0.29, 0.717) is 4.31 Å². The van der Waals surface area contributed by atoms with Crippen molar-refractivity contribution in [3.8, 4) is 0 Å². The average Bonchev–Trinajstić information content (AvgIpc) is 2.88. The van der Waals surface area contributed by atoms with Gasteiger partial charge in [-0.3, -0.25) is 9.59 Å². The van der Waals surface area contributed by atoms with Gasteiger partial charge in [0.05, 0.1) is 10.5 Å². The molecule has 2 atom stereocenters. The Balaban J connectivity index is 2.51. The lowest BCUT2D eigenvalue weighted by Gasteiger charge is -2.21. The van der Waals surface area contributed by atoms with E-state index >= 15 is 0 Å². The summed E-state index contributed by atoms with van der Waals surface area (Å²) in [6, 6.07) is 2.66. The van der Waals surface area contributed by atoms with Gasteiger partial charge in [0, 0.05) is 13.0 Å². The second-order valence-corrected chi connectivity index (χ2v) is 7.29. The van der Waals surface area contributed by atoms with Gasteiger partial charge in [-0.15, -0.1) is 0 Å². The van der Waals surface area contributed by atoms with Crippen LogP contribution >= 0.6 is 0 Å². The van der Waals surface area contributed by atoms with Crippen molar-refractivity contribution in [2.24, 2.45) is 5.73 Å². The number of nitrogens with two attached hydrogens (primary N) is 1. The zero-order valence-electron chi connectivity index (χ0n) is 12.1. The summed E-state index contributed by atoms with van der Waals surface area (Å²) in [6.07, 6.45) is -0.602. The predicted molar refractivity (Wildman–Crippen MR) is 77.9 cm³/mol. The summed E-state index contributed by atoms with van der Waals surface area (Å²) in [6.45, 7) is -0.737. The Kier molecular flexibility index (Phi) is 4.35. The van der Waals surface area contributed by atoms with Crippen molar-refractivity contribution in [2.45, 2.75) is 22.9 Å². The Bertz CT molecular complexity index is 821. The fourth-order valence-electron chi connectivity index (χ4n) is 2.44. The summed E-state index contributed by atoms with van der Waals surface area (Å²) in [5, 5.41) is 27.3. The van der Waals surface area contributed by atoms with Gasteiger partial charge in [0.2, 0.25) is 10.0 Å². The molecule has 0 aromatic heterocycles. The Hall–Kier alpha value is -2.50. The molecular formula is C13H14N2O8S. The number of carbonyl (C=O) groups is 3. The van der Waals surface area contributed by atoms with E-state index in [9.17, 15) is 27.9 Å². The van der Waals surface area contributed by atoms with Crippen LogP contribution in [0.3, 0.4) is 0 Å². The van der Waals surface area contributed by atoms with Crippen LogP contribution in [-0.4, -0.2) is 64.1 Å². The summed E-state index contributed by atoms with van der Waals surface area (Å²) in [4.78, 5) is 33.1. The third-order valence-corrected chi connectivity index (χ3v) is 5.59. The quantitative estimate of drug-likeness (QED) is 0.515. The van der Waals surface area contributed by atoms with Crippen molar-refractivity contribution in [3.63, 3.8) is 0 Å². The van der Waals surface area contributed by atoms with E-state index < -0.39 is 57.4 Å². The summed E-state index contributed by atoms with van der Waals surface area (Å²) in [5.41, 5.74) is 3.26. The van der Waals surface area contributed by atoms with Gasteiger partial charge in [-0.1, -0.05) is 6.07 Å². The molecule has 0 aliphatic carbocycles. The van der Waals surface area contributed by atoms with Crippen LogP contribution in [0.1, 0.15) is 16.8 Å². The third kappa shape index (κ3) is 2.96. The second-order valence-electron chi connectivity index (χ2n) is 5.40. The molecule has 0 unspecified atom stereocenters. The van der Waals surface area contributed by atoms with E-state index in [4.69, 9.17) is 15.9 Å². The second kappa shape index (κ2) is 5.85. The van der Waals surface area contributed by atoms with Gasteiger partial charge in [0.25, 0.3) is 0 Å². The van der Waals surface area contributed by atoms with Crippen LogP contribution < -0.4 is 5.73 Å². The lowest BCUT2D eigenvalue weighted by molar-refractivity contribution is -0.142. The van der Waals surface area contributed by atoms with Crippen LogP contribution in [0, 0.1) is 0 Å². The highest BCUT2D eigenvalue weighted by molar-refractivity contribution is 7.89. The van der Waals surface area contributed by atoms with Crippen molar-refractivity contribution in [1.29, 1.82) is 0 Å². The van der Waals surface area contributed by atoms with Crippen molar-refractivity contribution in [2.75, 3.05) is 6.54 Å². The lowest BCUT2D eigenvalue weighted by atomic mass is 9.98. The first-order chi connectivity index (χ1) is 11.0. The molecular weight excluding hydrogens is 344 g/mol. The maximum atomic E-state index is 12.7. The average molecular weight is 358 g/mol. The van der Waals surface area contributed by atoms with Gasteiger partial charge >= 0.3 is 17.9 Å². The normalized spacial score (nSPS) is 24.6. The molecule has 1 aliphatic rings. The molecule has 0 saturated carbocycles. The van der Waals surface area contributed by atoms with Crippen molar-refractivity contribution < 1.29 is 38.1 Å². The zero-order chi connectivity index (χ0) is 18.3. The highest BCUT2D eigenvalue weighted by Crippen LogP contribution is 2.31. The largest absolute Gasteiger partial charge is 0.480 e. The van der Waals surface area contributed by atoms with E-state index in [2.05, 4.69) is 0 Å². The molecule has 0 radical (unpaired) electrons. The van der Waals surface area contributed by atoms with E-state index in [0.717, 1.165) is 12.1 Å². The molecule has 0 bridgehead atoms. The number of nitrogens with zero attached hydrogens (tertiary/aromatic N) is 1. The Morgan fingerprint density at radius 1 is 1.21 bits per heavy atom. The van der Waals surface area contributed by atoms with Gasteiger partial charge in [-0.25, -0.2) is 13.2 Å². The van der Waals surface area contributed by atoms with Gasteiger partial charge in [0.15, 0.2) is 0 Å². The molecule has 10 nitrogen and oxygen atoms in total. The first-order valence-corrected chi connectivity index (χ1v) is 8.03. The van der Waals surface area contributed by atoms with Crippen LogP contribution in [0.2, 0.25) is 0 Å². The fraction of sp³-hybridized carbons (Fsp3) is 0.308. The van der Waals surface area contributed by atoms with Gasteiger partial charge < -0.3 is 21.1 Å². The molecule has 1 fully saturated rings. The van der Waals surface area contributed by atoms with E-state index in [-0.39, 0.29) is 5.56 Å². The Morgan fingerprint density at radius 2 is 1.83 bits per heavy atom. The monoisotopic (exact) mass is 358 g/mol. The maximum absolute atomic E-state index is 12.7. The molecule has 1 aromatic carbocycles. The number of sulfonamides is 1. The minimum absolute atomic E-state index is 0.306. The summed E-state index contributed by atoms with van der Waals surface area (Å²) >= 11 is 0. The summed E-state index contributed by atoms with van der Waals surface area (Å²) < 4.78 is 25.8. The molecule has 1 saturated heterocycles. The molecule has 2 rings (SSSR count). The van der Waals surface area contributed by atoms with Crippen LogP contribution in [0.15, 0.2) is 29.2 Å². The number of rotatable bonds is 5. The highest BCUT2D eigenvalue weighted by Gasteiger charge is 2.54. The minimum atomic E-state index is -4.45. The number of hydrogen-bond donors (Lipinski definition) is 4. The van der Waals surface area contributed by atoms with Crippen molar-refractivity contribution in [3.05, 3.63) is 29.8 Å². The number of benzene rings is 1. The Morgan fingerprint density at radius 3 is 2.33 bits per heavy atom. The predicted octanol–water partition coefficient (Wildman–Crippen LogP) is -0.985. The highest BCUT2D eigenvalue weighted by atomic mass is 32.2. The van der Waals surface area contributed by atoms with Gasteiger partial charge in [-0.2, -0.15) is 4.31 Å². The molecule has 24 heavy (non-hydrogen) atoms. The van der Waals surface area contributed by atoms with E-state index in [1.54, 1.807) is 0 Å². The van der Waals surface area contributed by atoms with Crippen LogP contribution in [0.4, 0.5) is 0 Å². The molecule has 1 aliphatic heterocycles. The molecule has 0 amide bonds. The number of aliphatic carboxylic acids is 2. The fourth-order valence-corrected chi connectivity index (χ4v) is 4.14. The SMILES string of the molecule is N[C@]1(C(=O)O)C[C@@H](C(=O)O)N(S(=O)(=O)c2cccc(C(=O)O)c2)C1. The smallest absolute Gasteiger partial charge is 0.335 e. The minimum Gasteiger partial charge on any atom is -0.480 e. The molecule has 0 spiro atoms. The van der Waals surface area contributed by atoms with Gasteiger partial charge in [-0.05, 0) is 18.2 Å². The molecule has 11 heteroatoms. The maximum Gasteiger partial charge on any atom is 0.335 e. The lowest BCUT2D eigenvalue weighted by Crippen LogP contribution is -2.50. The standard InChI is InChI=1S/C13H14N2O8S/c14-13(12(20)21)5-9(11(18)19)15(6-13)24(22,23)8-3-1-2-7(4-8)10(16)17/h1-4,9H,5-6,14H2,(H,16,17)(H,18,19)(H,20,21)/t9-,13+/m0/s1. The van der Waals surface area contributed by atoms with E-state index in [1.165, 1.54) is 12.1 Å². The molecule has 5 N–H and O–H groups in total. The number of hydrogen-bond acceptors (Lipinski definition) is 6. The van der Waals surface area contributed by atoms with Crippen molar-refractivity contribution >= 4 is 27.9 Å². The molecule has 1 aromatic rings. The number of carboxylic acid groups (broad SMARTS) is 3. The van der Waals surface area contributed by atoms with Crippen LogP contribution in [-0.2, 0) is 19.6 Å². The van der Waals surface area contributed by atoms with E-state index in [1.807, 2.05) is 0 Å². The van der Waals surface area contributed by atoms with Gasteiger partial charge in [0.1, 0.15) is 11.6 Å². The first-order valence-electron chi connectivity index (χ1n) is 6.59. The van der Waals surface area contributed by atoms with Crippen LogP contribution in [0.25, 0.3) is 0 Å². The van der Waals surface area contributed by atoms with Crippen molar-refractivity contribution in [1.82, 2.24) is 4.31 Å².